The van der Waals surface area contributed by atoms with E-state index in [0.717, 1.165) is 16.5 Å². The standard InChI is InChI=1S/C22H19N3O3/c1-15(20-13-17-9-5-6-10-19(17)28-20)23-22(27)18-11-12-21(26)25(24-18)14-16-7-3-2-4-8-16/h2-13,15H,14H2,1H3,(H,23,27). The zero-order valence-electron chi connectivity index (χ0n) is 15.3. The van der Waals surface area contributed by atoms with E-state index in [0.29, 0.717) is 12.3 Å². The lowest BCUT2D eigenvalue weighted by Gasteiger charge is -2.12. The molecule has 0 radical (unpaired) electrons. The molecule has 1 amide bonds. The minimum absolute atomic E-state index is 0.179. The fourth-order valence-electron chi connectivity index (χ4n) is 3.00. The summed E-state index contributed by atoms with van der Waals surface area (Å²) in [6.45, 7) is 2.15. The van der Waals surface area contributed by atoms with Gasteiger partial charge in [-0.3, -0.25) is 9.59 Å². The number of fused-ring (bicyclic) bond motifs is 1. The van der Waals surface area contributed by atoms with E-state index in [1.165, 1.54) is 16.8 Å². The molecule has 6 heteroatoms. The summed E-state index contributed by atoms with van der Waals surface area (Å²) in [5, 5.41) is 8.07. The molecule has 1 N–H and O–H groups in total. The molecule has 28 heavy (non-hydrogen) atoms. The number of nitrogens with one attached hydrogen (secondary N) is 1. The molecule has 0 aliphatic rings. The van der Waals surface area contributed by atoms with Crippen LogP contribution in [0.5, 0.6) is 0 Å². The lowest BCUT2D eigenvalue weighted by molar-refractivity contribution is 0.0928. The normalized spacial score (nSPS) is 12.0. The van der Waals surface area contributed by atoms with Crippen LogP contribution in [0.2, 0.25) is 0 Å². The lowest BCUT2D eigenvalue weighted by atomic mass is 10.2. The number of hydrogen-bond donors (Lipinski definition) is 1. The summed E-state index contributed by atoms with van der Waals surface area (Å²) < 4.78 is 7.09. The number of aromatic nitrogens is 2. The van der Waals surface area contributed by atoms with Crippen LogP contribution in [0.1, 0.15) is 34.8 Å². The molecule has 1 unspecified atom stereocenters. The molecule has 2 aromatic carbocycles. The minimum atomic E-state index is -0.366. The molecule has 0 saturated heterocycles. The van der Waals surface area contributed by atoms with Crippen LogP contribution in [0.25, 0.3) is 11.0 Å². The number of hydrogen-bond acceptors (Lipinski definition) is 4. The lowest BCUT2D eigenvalue weighted by Crippen LogP contribution is -2.31. The first-order chi connectivity index (χ1) is 13.6. The number of amides is 1. The third-order valence-electron chi connectivity index (χ3n) is 4.49. The van der Waals surface area contributed by atoms with Gasteiger partial charge in [-0.05, 0) is 30.7 Å². The molecule has 6 nitrogen and oxygen atoms in total. The molecule has 0 aliphatic carbocycles. The molecule has 4 aromatic rings. The van der Waals surface area contributed by atoms with E-state index < -0.39 is 0 Å². The number of carbonyl (C=O) groups is 1. The summed E-state index contributed by atoms with van der Waals surface area (Å²) in [7, 11) is 0. The van der Waals surface area contributed by atoms with E-state index in [4.69, 9.17) is 4.42 Å². The van der Waals surface area contributed by atoms with Gasteiger partial charge in [0.2, 0.25) is 0 Å². The largest absolute Gasteiger partial charge is 0.459 e. The van der Waals surface area contributed by atoms with Crippen molar-refractivity contribution in [2.75, 3.05) is 0 Å². The Balaban J connectivity index is 1.52. The SMILES string of the molecule is CC(NC(=O)c1ccc(=O)n(Cc2ccccc2)n1)c1cc2ccccc2o1. The van der Waals surface area contributed by atoms with E-state index in [2.05, 4.69) is 10.4 Å². The number of furan rings is 1. The summed E-state index contributed by atoms with van der Waals surface area (Å²) in [5.41, 5.74) is 1.63. The van der Waals surface area contributed by atoms with Gasteiger partial charge in [-0.1, -0.05) is 48.5 Å². The van der Waals surface area contributed by atoms with Crippen molar-refractivity contribution in [2.24, 2.45) is 0 Å². The van der Waals surface area contributed by atoms with Crippen LogP contribution in [-0.2, 0) is 6.54 Å². The fourth-order valence-corrected chi connectivity index (χ4v) is 3.00. The maximum atomic E-state index is 12.6. The number of para-hydroxylation sites is 1. The molecule has 2 heterocycles. The Kier molecular flexibility index (Phi) is 4.76. The van der Waals surface area contributed by atoms with E-state index in [1.54, 1.807) is 0 Å². The Morgan fingerprint density at radius 1 is 1.07 bits per heavy atom. The minimum Gasteiger partial charge on any atom is -0.459 e. The average Bonchev–Trinajstić information content (AvgIpc) is 3.15. The van der Waals surface area contributed by atoms with Gasteiger partial charge in [-0.2, -0.15) is 5.10 Å². The van der Waals surface area contributed by atoms with Crippen molar-refractivity contribution in [3.05, 3.63) is 100 Å². The summed E-state index contributed by atoms with van der Waals surface area (Å²) in [6.07, 6.45) is 0. The van der Waals surface area contributed by atoms with Gasteiger partial charge in [0, 0.05) is 11.5 Å². The highest BCUT2D eigenvalue weighted by Gasteiger charge is 2.17. The van der Waals surface area contributed by atoms with Crippen molar-refractivity contribution in [1.29, 1.82) is 0 Å². The molecule has 2 aromatic heterocycles. The van der Waals surface area contributed by atoms with Gasteiger partial charge >= 0.3 is 0 Å². The highest BCUT2D eigenvalue weighted by molar-refractivity contribution is 5.92. The van der Waals surface area contributed by atoms with Crippen molar-refractivity contribution in [3.8, 4) is 0 Å². The second-order valence-electron chi connectivity index (χ2n) is 6.58. The second kappa shape index (κ2) is 7.52. The number of benzene rings is 2. The smallest absolute Gasteiger partial charge is 0.272 e. The second-order valence-corrected chi connectivity index (χ2v) is 6.58. The zero-order valence-corrected chi connectivity index (χ0v) is 15.3. The van der Waals surface area contributed by atoms with Crippen molar-refractivity contribution in [2.45, 2.75) is 19.5 Å². The maximum Gasteiger partial charge on any atom is 0.272 e. The fraction of sp³-hybridized carbons (Fsp3) is 0.136. The van der Waals surface area contributed by atoms with Gasteiger partial charge < -0.3 is 9.73 Å². The van der Waals surface area contributed by atoms with Gasteiger partial charge in [0.25, 0.3) is 11.5 Å². The molecular formula is C22H19N3O3. The first kappa shape index (κ1) is 17.7. The van der Waals surface area contributed by atoms with Gasteiger partial charge in [-0.15, -0.1) is 0 Å². The highest BCUT2D eigenvalue weighted by Crippen LogP contribution is 2.23. The number of carbonyl (C=O) groups excluding carboxylic acids is 1. The van der Waals surface area contributed by atoms with E-state index in [1.807, 2.05) is 67.6 Å². The first-order valence-electron chi connectivity index (χ1n) is 9.01. The van der Waals surface area contributed by atoms with E-state index >= 15 is 0 Å². The number of rotatable bonds is 5. The Morgan fingerprint density at radius 2 is 1.82 bits per heavy atom. The topological polar surface area (TPSA) is 77.1 Å². The third-order valence-corrected chi connectivity index (χ3v) is 4.49. The molecule has 1 atom stereocenters. The van der Waals surface area contributed by atoms with Crippen LogP contribution < -0.4 is 10.9 Å². The third kappa shape index (κ3) is 3.71. The van der Waals surface area contributed by atoms with Crippen LogP contribution in [0, 0.1) is 0 Å². The van der Waals surface area contributed by atoms with Gasteiger partial charge in [0.05, 0.1) is 12.6 Å². The summed E-state index contributed by atoms with van der Waals surface area (Å²) in [6, 6.07) is 21.5. The average molecular weight is 373 g/mol. The Hall–Kier alpha value is -3.67. The molecule has 0 spiro atoms. The molecule has 140 valence electrons. The Morgan fingerprint density at radius 3 is 2.61 bits per heavy atom. The van der Waals surface area contributed by atoms with Crippen LogP contribution in [0.3, 0.4) is 0 Å². The van der Waals surface area contributed by atoms with Crippen molar-refractivity contribution in [3.63, 3.8) is 0 Å². The van der Waals surface area contributed by atoms with Gasteiger partial charge in [0.15, 0.2) is 0 Å². The van der Waals surface area contributed by atoms with Crippen LogP contribution >= 0.6 is 0 Å². The van der Waals surface area contributed by atoms with Crippen molar-refractivity contribution in [1.82, 2.24) is 15.1 Å². The summed E-state index contributed by atoms with van der Waals surface area (Å²) in [4.78, 5) is 24.7. The van der Waals surface area contributed by atoms with Crippen molar-refractivity contribution >= 4 is 16.9 Å². The van der Waals surface area contributed by atoms with E-state index in [9.17, 15) is 9.59 Å². The summed E-state index contributed by atoms with van der Waals surface area (Å²) in [5.74, 6) is 0.293. The zero-order chi connectivity index (χ0) is 19.5. The molecule has 0 bridgehead atoms. The van der Waals surface area contributed by atoms with Crippen LogP contribution in [0.15, 0.2) is 82.0 Å². The predicted molar refractivity (Wildman–Crippen MR) is 106 cm³/mol. The Labute approximate surface area is 161 Å². The molecule has 4 rings (SSSR count). The van der Waals surface area contributed by atoms with E-state index in [-0.39, 0.29) is 23.2 Å². The highest BCUT2D eigenvalue weighted by atomic mass is 16.3. The van der Waals surface area contributed by atoms with Gasteiger partial charge in [0.1, 0.15) is 17.0 Å². The molecular weight excluding hydrogens is 354 g/mol. The monoisotopic (exact) mass is 373 g/mol. The number of nitrogens with zero attached hydrogens (tertiary/aromatic N) is 2. The molecule has 0 saturated carbocycles. The van der Waals surface area contributed by atoms with Crippen LogP contribution in [-0.4, -0.2) is 15.7 Å². The quantitative estimate of drug-likeness (QED) is 0.581. The summed E-state index contributed by atoms with van der Waals surface area (Å²) >= 11 is 0. The maximum absolute atomic E-state index is 12.6. The first-order valence-corrected chi connectivity index (χ1v) is 9.01. The Bertz CT molecular complexity index is 1150. The van der Waals surface area contributed by atoms with Crippen LogP contribution in [0.4, 0.5) is 0 Å². The predicted octanol–water partition coefficient (Wildman–Crippen LogP) is 3.53. The van der Waals surface area contributed by atoms with Gasteiger partial charge in [-0.25, -0.2) is 4.68 Å². The molecule has 0 fully saturated rings. The van der Waals surface area contributed by atoms with Crippen molar-refractivity contribution < 1.29 is 9.21 Å². The molecule has 0 aliphatic heterocycles.